The van der Waals surface area contributed by atoms with Crippen LogP contribution in [0.1, 0.15) is 120 Å². The second kappa shape index (κ2) is 8.21. The first-order valence-electron chi connectivity index (χ1n) is 15.0. The standard InChI is InChI=1S/C32H54O3/c1-20(19-33)22-11-15-29(5)23(22)12-17-31(7)25(29)9-10-26-30(6)16-14-27(35-21(2)34)28(3,4)24(30)13-18-32(26,31)8/h20,22-27,33H,9-19H2,1-8H3/t20-,22+,23-,24-,25+,26+,27-,29-,30-,31+,32+/m0/s1. The van der Waals surface area contributed by atoms with E-state index in [-0.39, 0.29) is 17.5 Å². The van der Waals surface area contributed by atoms with Crippen molar-refractivity contribution in [2.45, 2.75) is 126 Å². The molecule has 0 aliphatic heterocycles. The third kappa shape index (κ3) is 3.34. The molecule has 0 radical (unpaired) electrons. The molecule has 0 amide bonds. The predicted octanol–water partition coefficient (Wildman–Crippen LogP) is 7.65. The van der Waals surface area contributed by atoms with E-state index < -0.39 is 0 Å². The molecule has 5 aliphatic carbocycles. The number of aliphatic hydroxyl groups is 1. The van der Waals surface area contributed by atoms with Gasteiger partial charge < -0.3 is 9.84 Å². The van der Waals surface area contributed by atoms with Crippen LogP contribution < -0.4 is 0 Å². The average molecular weight is 487 g/mol. The molecule has 35 heavy (non-hydrogen) atoms. The maximum atomic E-state index is 11.9. The molecule has 0 spiro atoms. The first-order chi connectivity index (χ1) is 16.3. The molecule has 0 heterocycles. The van der Waals surface area contributed by atoms with Crippen molar-refractivity contribution < 1.29 is 14.6 Å². The largest absolute Gasteiger partial charge is 0.462 e. The van der Waals surface area contributed by atoms with Crippen LogP contribution in [0.5, 0.6) is 0 Å². The van der Waals surface area contributed by atoms with E-state index in [1.54, 1.807) is 6.92 Å². The minimum Gasteiger partial charge on any atom is -0.462 e. The van der Waals surface area contributed by atoms with Gasteiger partial charge in [-0.05, 0) is 121 Å². The lowest BCUT2D eigenvalue weighted by atomic mass is 9.32. The number of ether oxygens (including phenoxy) is 1. The van der Waals surface area contributed by atoms with Crippen molar-refractivity contribution in [3.8, 4) is 0 Å². The number of aliphatic hydroxyl groups excluding tert-OH is 1. The van der Waals surface area contributed by atoms with Crippen LogP contribution in [0.15, 0.2) is 0 Å². The molecule has 3 nitrogen and oxygen atoms in total. The highest BCUT2D eigenvalue weighted by Crippen LogP contribution is 2.78. The highest BCUT2D eigenvalue weighted by atomic mass is 16.5. The van der Waals surface area contributed by atoms with Crippen molar-refractivity contribution in [1.82, 2.24) is 0 Å². The zero-order chi connectivity index (χ0) is 25.6. The number of hydrogen-bond donors (Lipinski definition) is 1. The van der Waals surface area contributed by atoms with Crippen LogP contribution in [0.2, 0.25) is 0 Å². The van der Waals surface area contributed by atoms with Gasteiger partial charge in [-0.3, -0.25) is 4.79 Å². The molecule has 0 bridgehead atoms. The number of carbonyl (C=O) groups is 1. The van der Waals surface area contributed by atoms with Crippen LogP contribution in [0, 0.1) is 62.6 Å². The SMILES string of the molecule is CC(=O)O[C@H]1CC[C@]2(C)[C@H]3CC[C@@H]4[C@@]5(C)CC[C@H]([C@@H](C)CO)[C@@H]5CC[C@@]4(C)[C@]3(C)CC[C@H]2C1(C)C. The quantitative estimate of drug-likeness (QED) is 0.417. The van der Waals surface area contributed by atoms with Gasteiger partial charge in [0.1, 0.15) is 6.10 Å². The summed E-state index contributed by atoms with van der Waals surface area (Å²) in [5, 5.41) is 9.97. The lowest BCUT2D eigenvalue weighted by molar-refractivity contribution is -0.253. The van der Waals surface area contributed by atoms with E-state index in [0.29, 0.717) is 46.0 Å². The van der Waals surface area contributed by atoms with Gasteiger partial charge in [-0.15, -0.1) is 0 Å². The molecule has 5 fully saturated rings. The Morgan fingerprint density at radius 3 is 1.97 bits per heavy atom. The lowest BCUT2D eigenvalue weighted by Gasteiger charge is -2.73. The number of rotatable bonds is 3. The van der Waals surface area contributed by atoms with Crippen LogP contribution in [-0.2, 0) is 9.53 Å². The summed E-state index contributed by atoms with van der Waals surface area (Å²) in [6.07, 6.45) is 13.1. The van der Waals surface area contributed by atoms with Crippen LogP contribution in [0.3, 0.4) is 0 Å². The Morgan fingerprint density at radius 2 is 1.37 bits per heavy atom. The summed E-state index contributed by atoms with van der Waals surface area (Å²) in [5.41, 5.74) is 1.62. The van der Waals surface area contributed by atoms with Gasteiger partial charge in [0, 0.05) is 18.9 Å². The Bertz CT molecular complexity index is 850. The summed E-state index contributed by atoms with van der Waals surface area (Å²) in [6.45, 7) is 19.7. The number of fused-ring (bicyclic) bond motifs is 7. The molecular weight excluding hydrogens is 432 g/mol. The van der Waals surface area contributed by atoms with Gasteiger partial charge in [0.15, 0.2) is 0 Å². The molecule has 5 saturated carbocycles. The minimum absolute atomic E-state index is 0.0422. The lowest BCUT2D eigenvalue weighted by Crippen LogP contribution is -2.67. The monoisotopic (exact) mass is 486 g/mol. The first-order valence-corrected chi connectivity index (χ1v) is 15.0. The fourth-order valence-electron chi connectivity index (χ4n) is 12.4. The summed E-state index contributed by atoms with van der Waals surface area (Å²) in [7, 11) is 0. The Labute approximate surface area is 215 Å². The van der Waals surface area contributed by atoms with Crippen LogP contribution in [0.4, 0.5) is 0 Å². The summed E-state index contributed by atoms with van der Waals surface area (Å²) >= 11 is 0. The van der Waals surface area contributed by atoms with E-state index in [2.05, 4.69) is 48.5 Å². The van der Waals surface area contributed by atoms with Crippen LogP contribution in [0.25, 0.3) is 0 Å². The zero-order valence-corrected chi connectivity index (χ0v) is 24.1. The van der Waals surface area contributed by atoms with Crippen LogP contribution in [-0.4, -0.2) is 23.8 Å². The average Bonchev–Trinajstić information content (AvgIpc) is 3.12. The molecule has 200 valence electrons. The van der Waals surface area contributed by atoms with Crippen molar-refractivity contribution in [2.24, 2.45) is 62.6 Å². The summed E-state index contributed by atoms with van der Waals surface area (Å²) in [5.74, 6) is 4.05. The normalized spacial score (nSPS) is 53.5. The van der Waals surface area contributed by atoms with E-state index in [4.69, 9.17) is 4.74 Å². The number of esters is 1. The second-order valence-corrected chi connectivity index (χ2v) is 15.6. The van der Waals surface area contributed by atoms with Gasteiger partial charge in [0.05, 0.1) is 0 Å². The predicted molar refractivity (Wildman–Crippen MR) is 142 cm³/mol. The number of carbonyl (C=O) groups excluding carboxylic acids is 1. The first kappa shape index (κ1) is 26.1. The van der Waals surface area contributed by atoms with Crippen molar-refractivity contribution in [3.63, 3.8) is 0 Å². The molecule has 11 atom stereocenters. The van der Waals surface area contributed by atoms with E-state index in [1.807, 2.05) is 0 Å². The molecule has 5 rings (SSSR count). The Balaban J connectivity index is 1.46. The van der Waals surface area contributed by atoms with Crippen molar-refractivity contribution in [2.75, 3.05) is 6.61 Å². The smallest absolute Gasteiger partial charge is 0.302 e. The van der Waals surface area contributed by atoms with Crippen molar-refractivity contribution >= 4 is 5.97 Å². The molecule has 0 aromatic carbocycles. The van der Waals surface area contributed by atoms with Gasteiger partial charge in [0.2, 0.25) is 0 Å². The van der Waals surface area contributed by atoms with Gasteiger partial charge in [-0.25, -0.2) is 0 Å². The molecule has 0 unspecified atom stereocenters. The third-order valence-electron chi connectivity index (χ3n) is 14.3. The second-order valence-electron chi connectivity index (χ2n) is 15.6. The highest BCUT2D eigenvalue weighted by molar-refractivity contribution is 5.66. The van der Waals surface area contributed by atoms with Gasteiger partial charge in [0.25, 0.3) is 0 Å². The topological polar surface area (TPSA) is 46.5 Å². The molecule has 1 N–H and O–H groups in total. The highest BCUT2D eigenvalue weighted by Gasteiger charge is 2.71. The molecular formula is C32H54O3. The van der Waals surface area contributed by atoms with E-state index >= 15 is 0 Å². The summed E-state index contributed by atoms with van der Waals surface area (Å²) in [4.78, 5) is 11.9. The molecule has 0 saturated heterocycles. The van der Waals surface area contributed by atoms with E-state index in [0.717, 1.165) is 24.2 Å². The molecule has 5 aliphatic rings. The van der Waals surface area contributed by atoms with E-state index in [9.17, 15) is 9.90 Å². The maximum Gasteiger partial charge on any atom is 0.302 e. The fraction of sp³-hybridized carbons (Fsp3) is 0.969. The van der Waals surface area contributed by atoms with E-state index in [1.165, 1.54) is 57.8 Å². The zero-order valence-electron chi connectivity index (χ0n) is 24.1. The summed E-state index contributed by atoms with van der Waals surface area (Å²) in [6, 6.07) is 0. The fourth-order valence-corrected chi connectivity index (χ4v) is 12.4. The third-order valence-corrected chi connectivity index (χ3v) is 14.3. The van der Waals surface area contributed by atoms with Gasteiger partial charge in [-0.2, -0.15) is 0 Å². The summed E-state index contributed by atoms with van der Waals surface area (Å²) < 4.78 is 5.91. The molecule has 3 heteroatoms. The Kier molecular flexibility index (Phi) is 6.11. The van der Waals surface area contributed by atoms with Crippen LogP contribution >= 0.6 is 0 Å². The Morgan fingerprint density at radius 1 is 0.800 bits per heavy atom. The van der Waals surface area contributed by atoms with Crippen molar-refractivity contribution in [3.05, 3.63) is 0 Å². The molecule has 0 aromatic rings. The van der Waals surface area contributed by atoms with Gasteiger partial charge >= 0.3 is 5.97 Å². The molecule has 0 aromatic heterocycles. The minimum atomic E-state index is -0.115. The van der Waals surface area contributed by atoms with Crippen molar-refractivity contribution in [1.29, 1.82) is 0 Å². The maximum absolute atomic E-state index is 11.9. The number of hydrogen-bond acceptors (Lipinski definition) is 3. The Hall–Kier alpha value is -0.570. The van der Waals surface area contributed by atoms with Gasteiger partial charge in [-0.1, -0.05) is 48.5 Å².